The van der Waals surface area contributed by atoms with Crippen molar-refractivity contribution >= 4 is 22.8 Å². The predicted molar refractivity (Wildman–Crippen MR) is 146 cm³/mol. The zero-order valence-electron chi connectivity index (χ0n) is 22.7. The minimum atomic E-state index is -0.877. The Morgan fingerprint density at radius 1 is 1.05 bits per heavy atom. The Hall–Kier alpha value is -3.66. The molecule has 1 aromatic heterocycles. The second-order valence-electron chi connectivity index (χ2n) is 10.3. The third-order valence-corrected chi connectivity index (χ3v) is 7.68. The number of nitrogens with zero attached hydrogens (tertiary/aromatic N) is 4. The third kappa shape index (κ3) is 6.16. The first-order valence-corrected chi connectivity index (χ1v) is 13.8. The number of nitrogens with one attached hydrogen (secondary N) is 1. The summed E-state index contributed by atoms with van der Waals surface area (Å²) < 4.78 is 18.5. The lowest BCUT2D eigenvalue weighted by molar-refractivity contribution is -0.143. The van der Waals surface area contributed by atoms with Crippen LogP contribution in [-0.4, -0.2) is 71.2 Å². The van der Waals surface area contributed by atoms with Crippen LogP contribution in [0.5, 0.6) is 11.5 Å². The van der Waals surface area contributed by atoms with Crippen molar-refractivity contribution in [2.75, 3.05) is 27.4 Å². The summed E-state index contributed by atoms with van der Waals surface area (Å²) in [5.41, 5.74) is 2.12. The van der Waals surface area contributed by atoms with Gasteiger partial charge >= 0.3 is 0 Å². The molecule has 1 saturated carbocycles. The predicted octanol–water partition coefficient (Wildman–Crippen LogP) is 3.65. The Balaban J connectivity index is 1.51. The minimum absolute atomic E-state index is 0.0479. The lowest BCUT2D eigenvalue weighted by atomic mass is 9.94. The summed E-state index contributed by atoms with van der Waals surface area (Å²) in [7, 11) is 3.13. The van der Waals surface area contributed by atoms with Crippen LogP contribution in [0.2, 0.25) is 0 Å². The fourth-order valence-electron chi connectivity index (χ4n) is 5.63. The molecule has 10 heteroatoms. The number of carbonyl (C=O) groups excluding carboxylic acids is 2. The molecule has 2 aromatic carbocycles. The number of methoxy groups -OCH3 is 2. The highest BCUT2D eigenvalue weighted by Gasteiger charge is 2.36. The van der Waals surface area contributed by atoms with E-state index in [4.69, 9.17) is 14.2 Å². The van der Waals surface area contributed by atoms with Crippen LogP contribution in [-0.2, 0) is 20.9 Å². The van der Waals surface area contributed by atoms with Crippen molar-refractivity contribution in [2.45, 2.75) is 69.7 Å². The van der Waals surface area contributed by atoms with Crippen LogP contribution in [0.3, 0.4) is 0 Å². The molecule has 3 aromatic rings. The molecule has 1 aliphatic heterocycles. The van der Waals surface area contributed by atoms with Crippen molar-refractivity contribution in [3.8, 4) is 11.5 Å². The van der Waals surface area contributed by atoms with E-state index in [-0.39, 0.29) is 30.5 Å². The average Bonchev–Trinajstić information content (AvgIpc) is 3.63. The molecule has 208 valence electrons. The van der Waals surface area contributed by atoms with Crippen LogP contribution in [0.4, 0.5) is 0 Å². The number of rotatable bonds is 10. The number of hydrogen-bond donors (Lipinski definition) is 1. The number of ether oxygens (including phenoxy) is 3. The Bertz CT molecular complexity index is 1280. The Morgan fingerprint density at radius 2 is 1.85 bits per heavy atom. The second kappa shape index (κ2) is 12.5. The first-order chi connectivity index (χ1) is 19.1. The van der Waals surface area contributed by atoms with Crippen molar-refractivity contribution in [2.24, 2.45) is 0 Å². The summed E-state index contributed by atoms with van der Waals surface area (Å²) in [6.45, 7) is 0.895. The van der Waals surface area contributed by atoms with E-state index < -0.39 is 6.04 Å². The fraction of sp³-hybridized carbons (Fsp3) is 0.517. The van der Waals surface area contributed by atoms with E-state index in [2.05, 4.69) is 15.6 Å². The summed E-state index contributed by atoms with van der Waals surface area (Å²) in [6.07, 6.45) is 6.85. The van der Waals surface area contributed by atoms with Gasteiger partial charge in [-0.05, 0) is 55.5 Å². The molecule has 2 aliphatic rings. The van der Waals surface area contributed by atoms with E-state index in [1.807, 2.05) is 30.3 Å². The summed E-state index contributed by atoms with van der Waals surface area (Å²) >= 11 is 0. The van der Waals surface area contributed by atoms with Crippen LogP contribution in [0.25, 0.3) is 11.0 Å². The van der Waals surface area contributed by atoms with Gasteiger partial charge in [0.2, 0.25) is 11.8 Å². The van der Waals surface area contributed by atoms with E-state index >= 15 is 0 Å². The molecule has 5 rings (SSSR count). The van der Waals surface area contributed by atoms with Gasteiger partial charge in [0.1, 0.15) is 18.1 Å². The summed E-state index contributed by atoms with van der Waals surface area (Å²) in [6, 6.07) is 12.1. The Morgan fingerprint density at radius 3 is 2.59 bits per heavy atom. The van der Waals surface area contributed by atoms with Crippen LogP contribution in [0.15, 0.2) is 42.5 Å². The molecule has 1 aliphatic carbocycles. The van der Waals surface area contributed by atoms with Gasteiger partial charge in [-0.25, -0.2) is 4.68 Å². The summed E-state index contributed by atoms with van der Waals surface area (Å²) in [5, 5.41) is 11.7. The first-order valence-electron chi connectivity index (χ1n) is 13.8. The lowest BCUT2D eigenvalue weighted by Crippen LogP contribution is -2.50. The van der Waals surface area contributed by atoms with Gasteiger partial charge in [0.15, 0.2) is 11.5 Å². The minimum Gasteiger partial charge on any atom is -0.493 e. The number of aromatic nitrogens is 3. The van der Waals surface area contributed by atoms with Crippen molar-refractivity contribution < 1.29 is 23.8 Å². The Kier molecular flexibility index (Phi) is 8.61. The van der Waals surface area contributed by atoms with Gasteiger partial charge in [0.25, 0.3) is 0 Å². The van der Waals surface area contributed by atoms with E-state index in [0.717, 1.165) is 44.0 Å². The zero-order valence-corrected chi connectivity index (χ0v) is 22.7. The second-order valence-corrected chi connectivity index (χ2v) is 10.3. The average molecular weight is 536 g/mol. The van der Waals surface area contributed by atoms with Gasteiger partial charge in [0.05, 0.1) is 25.8 Å². The molecule has 2 atom stereocenters. The molecule has 1 saturated heterocycles. The molecule has 0 unspecified atom stereocenters. The highest BCUT2D eigenvalue weighted by atomic mass is 16.5. The third-order valence-electron chi connectivity index (χ3n) is 7.68. The highest BCUT2D eigenvalue weighted by Crippen LogP contribution is 2.33. The van der Waals surface area contributed by atoms with Crippen LogP contribution in [0, 0.1) is 0 Å². The lowest BCUT2D eigenvalue weighted by Gasteiger charge is -2.35. The standard InChI is InChI=1S/C29H37N5O5/c1-37-25-15-14-20(17-26(25)38-2)28(29(36)30-21-9-4-3-5-10-21)33(18-22-11-8-16-39-22)27(35)19-34-24-13-7-6-12-23(24)31-32-34/h6-7,12-15,17,21-22,28H,3-5,8-11,16,18-19H2,1-2H3,(H,30,36)/t22-,28+/m1/s1. The summed E-state index contributed by atoms with van der Waals surface area (Å²) in [5.74, 6) is 0.611. The van der Waals surface area contributed by atoms with Gasteiger partial charge in [-0.15, -0.1) is 5.10 Å². The molecular weight excluding hydrogens is 498 g/mol. The molecule has 0 radical (unpaired) electrons. The zero-order chi connectivity index (χ0) is 27.2. The molecule has 1 N–H and O–H groups in total. The number of para-hydroxylation sites is 1. The fourth-order valence-corrected chi connectivity index (χ4v) is 5.63. The maximum absolute atomic E-state index is 14.1. The van der Waals surface area contributed by atoms with Crippen molar-refractivity contribution in [3.63, 3.8) is 0 Å². The van der Waals surface area contributed by atoms with Crippen molar-refractivity contribution in [3.05, 3.63) is 48.0 Å². The molecule has 39 heavy (non-hydrogen) atoms. The molecule has 2 heterocycles. The van der Waals surface area contributed by atoms with Crippen LogP contribution in [0.1, 0.15) is 56.6 Å². The van der Waals surface area contributed by atoms with Crippen LogP contribution >= 0.6 is 0 Å². The van der Waals surface area contributed by atoms with Gasteiger partial charge < -0.3 is 24.4 Å². The Labute approximate surface area is 228 Å². The number of fused-ring (bicyclic) bond motifs is 1. The van der Waals surface area contributed by atoms with Crippen molar-refractivity contribution in [1.82, 2.24) is 25.2 Å². The normalized spacial score (nSPS) is 18.6. The van der Waals surface area contributed by atoms with E-state index in [1.54, 1.807) is 35.9 Å². The molecule has 10 nitrogen and oxygen atoms in total. The smallest absolute Gasteiger partial charge is 0.247 e. The number of carbonyl (C=O) groups is 2. The topological polar surface area (TPSA) is 108 Å². The van der Waals surface area contributed by atoms with Crippen LogP contribution < -0.4 is 14.8 Å². The van der Waals surface area contributed by atoms with E-state index in [0.29, 0.717) is 35.7 Å². The largest absolute Gasteiger partial charge is 0.493 e. The maximum Gasteiger partial charge on any atom is 0.247 e. The molecule has 0 spiro atoms. The quantitative estimate of drug-likeness (QED) is 0.422. The molecular formula is C29H37N5O5. The van der Waals surface area contributed by atoms with Crippen molar-refractivity contribution in [1.29, 1.82) is 0 Å². The number of hydrogen-bond acceptors (Lipinski definition) is 7. The number of amides is 2. The highest BCUT2D eigenvalue weighted by molar-refractivity contribution is 5.89. The number of benzene rings is 2. The maximum atomic E-state index is 14.1. The molecule has 2 fully saturated rings. The SMILES string of the molecule is COc1ccc([C@@H](C(=O)NC2CCCCC2)N(C[C@H]2CCCO2)C(=O)Cn2nnc3ccccc32)cc1OC. The molecule has 2 amide bonds. The van der Waals surface area contributed by atoms with E-state index in [9.17, 15) is 9.59 Å². The van der Waals surface area contributed by atoms with Gasteiger partial charge in [-0.2, -0.15) is 0 Å². The van der Waals surface area contributed by atoms with Gasteiger partial charge in [-0.3, -0.25) is 9.59 Å². The molecule has 0 bridgehead atoms. The first kappa shape index (κ1) is 26.9. The monoisotopic (exact) mass is 535 g/mol. The van der Waals surface area contributed by atoms with E-state index in [1.165, 1.54) is 6.42 Å². The van der Waals surface area contributed by atoms with Gasteiger partial charge in [0, 0.05) is 19.2 Å². The summed E-state index contributed by atoms with van der Waals surface area (Å²) in [4.78, 5) is 29.8. The van der Waals surface area contributed by atoms with Gasteiger partial charge in [-0.1, -0.05) is 42.7 Å².